The molecule has 6 heteroatoms. The molecule has 180 valence electrons. The predicted octanol–water partition coefficient (Wildman–Crippen LogP) is 5.70. The van der Waals surface area contributed by atoms with Crippen LogP contribution in [0.25, 0.3) is 0 Å². The number of amides is 1. The number of hydrazine groups is 1. The summed E-state index contributed by atoms with van der Waals surface area (Å²) in [5.74, 6) is 1.38. The summed E-state index contributed by atoms with van der Waals surface area (Å²) in [6.07, 6.45) is 0. The van der Waals surface area contributed by atoms with Gasteiger partial charge in [-0.15, -0.1) is 0 Å². The van der Waals surface area contributed by atoms with Gasteiger partial charge in [0.1, 0.15) is 17.0 Å². The largest absolute Gasteiger partial charge is 0.456 e. The number of nitrogens with one attached hydrogen (secondary N) is 1. The van der Waals surface area contributed by atoms with Gasteiger partial charge >= 0.3 is 0 Å². The number of carbonyl (C=O) groups is 1. The molecule has 2 heterocycles. The average molecular weight is 477 g/mol. The van der Waals surface area contributed by atoms with E-state index in [1.807, 2.05) is 76.7 Å². The Balaban J connectivity index is 1.68. The Hall–Kier alpha value is -4.45. The Morgan fingerprint density at radius 1 is 0.694 bits per heavy atom. The first-order valence-electron chi connectivity index (χ1n) is 12.0. The van der Waals surface area contributed by atoms with Crippen LogP contribution in [0.1, 0.15) is 27.0 Å². The van der Waals surface area contributed by atoms with E-state index in [0.29, 0.717) is 5.56 Å². The topological polar surface area (TPSA) is 48.1 Å². The van der Waals surface area contributed by atoms with Gasteiger partial charge in [0.2, 0.25) is 0 Å². The zero-order chi connectivity index (χ0) is 25.0. The molecular weight excluding hydrogens is 448 g/mol. The van der Waals surface area contributed by atoms with Crippen LogP contribution in [-0.4, -0.2) is 39.1 Å². The molecule has 0 aromatic heterocycles. The molecule has 0 fully saturated rings. The minimum Gasteiger partial charge on any atom is -0.456 e. The fourth-order valence-corrected chi connectivity index (χ4v) is 5.29. The molecular formula is C30H28N4O2. The number of hydrogen-bond donors (Lipinski definition) is 1. The molecule has 1 N–H and O–H groups in total. The SMILES string of the molecule is CN(C)c1ccc2c(c1)Oc1cc(N(C)C)ccc1C21c2ccccc2C(=O)N1Nc1ccccc1. The number of nitrogens with zero attached hydrogens (tertiary/aromatic N) is 3. The quantitative estimate of drug-likeness (QED) is 0.410. The molecule has 0 aliphatic carbocycles. The number of ether oxygens (including phenoxy) is 1. The molecule has 0 atom stereocenters. The van der Waals surface area contributed by atoms with Crippen molar-refractivity contribution in [3.8, 4) is 11.5 Å². The van der Waals surface area contributed by atoms with Crippen molar-refractivity contribution in [3.05, 3.63) is 113 Å². The first-order valence-corrected chi connectivity index (χ1v) is 12.0. The summed E-state index contributed by atoms with van der Waals surface area (Å²) >= 11 is 0. The summed E-state index contributed by atoms with van der Waals surface area (Å²) in [7, 11) is 8.04. The standard InChI is InChI=1S/C30H28N4O2/c1-32(2)21-14-16-25-27(18-21)36-28-19-22(33(3)4)15-17-26(28)30(25)24-13-9-8-12-23(24)29(35)34(30)31-20-10-6-5-7-11-20/h5-19,31H,1-4H3. The van der Waals surface area contributed by atoms with Crippen molar-refractivity contribution in [1.82, 2.24) is 5.01 Å². The van der Waals surface area contributed by atoms with Crippen molar-refractivity contribution >= 4 is 23.0 Å². The number of carbonyl (C=O) groups excluding carboxylic acids is 1. The van der Waals surface area contributed by atoms with Crippen LogP contribution in [-0.2, 0) is 5.54 Å². The molecule has 6 nitrogen and oxygen atoms in total. The van der Waals surface area contributed by atoms with Crippen molar-refractivity contribution in [2.45, 2.75) is 5.54 Å². The lowest BCUT2D eigenvalue weighted by Crippen LogP contribution is -2.50. The fraction of sp³-hybridized carbons (Fsp3) is 0.167. The minimum absolute atomic E-state index is 0.0818. The Bertz CT molecular complexity index is 1420. The molecule has 1 spiro atoms. The van der Waals surface area contributed by atoms with E-state index in [2.05, 4.69) is 57.7 Å². The van der Waals surface area contributed by atoms with E-state index in [1.54, 1.807) is 5.01 Å². The number of para-hydroxylation sites is 1. The van der Waals surface area contributed by atoms with Crippen LogP contribution in [0.5, 0.6) is 11.5 Å². The molecule has 0 bridgehead atoms. The lowest BCUT2D eigenvalue weighted by Gasteiger charge is -2.44. The monoisotopic (exact) mass is 476 g/mol. The summed E-state index contributed by atoms with van der Waals surface area (Å²) in [6, 6.07) is 30.1. The third kappa shape index (κ3) is 3.07. The first-order chi connectivity index (χ1) is 17.4. The second kappa shape index (κ2) is 8.05. The smallest absolute Gasteiger partial charge is 0.274 e. The van der Waals surface area contributed by atoms with E-state index >= 15 is 0 Å². The highest BCUT2D eigenvalue weighted by molar-refractivity contribution is 6.03. The lowest BCUT2D eigenvalue weighted by atomic mass is 9.75. The number of fused-ring (bicyclic) bond motifs is 6. The van der Waals surface area contributed by atoms with Gasteiger partial charge in [-0.2, -0.15) is 0 Å². The van der Waals surface area contributed by atoms with E-state index in [4.69, 9.17) is 4.74 Å². The maximum Gasteiger partial charge on any atom is 0.274 e. The number of anilines is 3. The number of hydrogen-bond acceptors (Lipinski definition) is 5. The highest BCUT2D eigenvalue weighted by Crippen LogP contribution is 2.58. The third-order valence-electron chi connectivity index (χ3n) is 7.06. The van der Waals surface area contributed by atoms with Crippen LogP contribution in [0, 0.1) is 0 Å². The van der Waals surface area contributed by atoms with Gasteiger partial charge in [0.05, 0.1) is 5.69 Å². The van der Waals surface area contributed by atoms with Gasteiger partial charge in [-0.05, 0) is 30.3 Å². The minimum atomic E-state index is -0.915. The van der Waals surface area contributed by atoms with Crippen molar-refractivity contribution in [2.75, 3.05) is 43.4 Å². The van der Waals surface area contributed by atoms with Crippen molar-refractivity contribution in [3.63, 3.8) is 0 Å². The van der Waals surface area contributed by atoms with Crippen LogP contribution in [0.2, 0.25) is 0 Å². The van der Waals surface area contributed by atoms with E-state index in [9.17, 15) is 4.79 Å². The molecule has 36 heavy (non-hydrogen) atoms. The fourth-order valence-electron chi connectivity index (χ4n) is 5.29. The number of rotatable bonds is 4. The maximum atomic E-state index is 14.1. The van der Waals surface area contributed by atoms with E-state index in [1.165, 1.54) is 0 Å². The Morgan fingerprint density at radius 3 is 1.83 bits per heavy atom. The maximum absolute atomic E-state index is 14.1. The second-order valence-corrected chi connectivity index (χ2v) is 9.63. The van der Waals surface area contributed by atoms with Gasteiger partial charge in [-0.1, -0.05) is 48.5 Å². The highest BCUT2D eigenvalue weighted by Gasteiger charge is 2.57. The first kappa shape index (κ1) is 22.0. The Morgan fingerprint density at radius 2 is 1.25 bits per heavy atom. The molecule has 0 radical (unpaired) electrons. The second-order valence-electron chi connectivity index (χ2n) is 9.63. The summed E-state index contributed by atoms with van der Waals surface area (Å²) in [4.78, 5) is 18.2. The van der Waals surface area contributed by atoms with E-state index < -0.39 is 5.54 Å². The van der Waals surface area contributed by atoms with Crippen LogP contribution in [0.4, 0.5) is 17.1 Å². The molecule has 4 aromatic rings. The summed E-state index contributed by atoms with van der Waals surface area (Å²) in [6.45, 7) is 0. The van der Waals surface area contributed by atoms with E-state index in [0.717, 1.165) is 45.3 Å². The van der Waals surface area contributed by atoms with Gasteiger partial charge in [-0.25, -0.2) is 5.01 Å². The van der Waals surface area contributed by atoms with Crippen molar-refractivity contribution < 1.29 is 9.53 Å². The highest BCUT2D eigenvalue weighted by atomic mass is 16.5. The zero-order valence-corrected chi connectivity index (χ0v) is 20.8. The van der Waals surface area contributed by atoms with Crippen LogP contribution in [0.15, 0.2) is 91.0 Å². The molecule has 6 rings (SSSR count). The van der Waals surface area contributed by atoms with Crippen LogP contribution in [0.3, 0.4) is 0 Å². The Kier molecular flexibility index (Phi) is 4.93. The van der Waals surface area contributed by atoms with Crippen LogP contribution >= 0.6 is 0 Å². The average Bonchev–Trinajstić information content (AvgIpc) is 3.13. The van der Waals surface area contributed by atoms with Crippen molar-refractivity contribution in [1.29, 1.82) is 0 Å². The molecule has 1 amide bonds. The van der Waals surface area contributed by atoms with Gasteiger partial charge < -0.3 is 14.5 Å². The van der Waals surface area contributed by atoms with Gasteiger partial charge in [0.25, 0.3) is 5.91 Å². The summed E-state index contributed by atoms with van der Waals surface area (Å²) in [5.41, 5.74) is 8.87. The molecule has 0 saturated heterocycles. The molecule has 0 saturated carbocycles. The lowest BCUT2D eigenvalue weighted by molar-refractivity contribution is 0.0724. The van der Waals surface area contributed by atoms with Crippen LogP contribution < -0.4 is 20.0 Å². The van der Waals surface area contributed by atoms with Gasteiger partial charge in [0, 0.05) is 74.0 Å². The zero-order valence-electron chi connectivity index (χ0n) is 20.8. The predicted molar refractivity (Wildman–Crippen MR) is 144 cm³/mol. The normalized spacial score (nSPS) is 14.6. The molecule has 4 aromatic carbocycles. The summed E-state index contributed by atoms with van der Waals surface area (Å²) in [5, 5.41) is 1.78. The van der Waals surface area contributed by atoms with Gasteiger partial charge in [-0.3, -0.25) is 10.2 Å². The molecule has 2 aliphatic heterocycles. The third-order valence-corrected chi connectivity index (χ3v) is 7.06. The Labute approximate surface area is 211 Å². The molecule has 0 unspecified atom stereocenters. The molecule has 2 aliphatic rings. The van der Waals surface area contributed by atoms with Gasteiger partial charge in [0.15, 0.2) is 0 Å². The number of benzene rings is 4. The summed E-state index contributed by atoms with van der Waals surface area (Å²) < 4.78 is 6.58. The van der Waals surface area contributed by atoms with E-state index in [-0.39, 0.29) is 5.91 Å². The van der Waals surface area contributed by atoms with Crippen molar-refractivity contribution in [2.24, 2.45) is 0 Å².